The molecular weight excluding hydrogens is 464 g/mol. The Morgan fingerprint density at radius 3 is 2.39 bits per heavy atom. The van der Waals surface area contributed by atoms with Gasteiger partial charge in [0, 0.05) is 5.56 Å². The number of aliphatic hydroxyl groups is 1. The van der Waals surface area contributed by atoms with E-state index in [1.807, 2.05) is 48.5 Å². The molecule has 0 aliphatic carbocycles. The van der Waals surface area contributed by atoms with Crippen LogP contribution in [0.25, 0.3) is 22.5 Å². The number of hydrogen-bond acceptors (Lipinski definition) is 6. The highest BCUT2D eigenvalue weighted by Crippen LogP contribution is 2.31. The fraction of sp³-hybridized carbons (Fsp3) is 0.190. The van der Waals surface area contributed by atoms with Crippen molar-refractivity contribution in [2.45, 2.75) is 26.0 Å². The van der Waals surface area contributed by atoms with Crippen molar-refractivity contribution in [2.24, 2.45) is 0 Å². The predicted octanol–water partition coefficient (Wildman–Crippen LogP) is 3.47. The smallest absolute Gasteiger partial charge is 0.354 e. The standard InChI is InChI=1S/C21H19BrN6O3/c1-21(2,31)17-16(19(29)30)28(20(22)23-17)11-12-7-9-13(10-8-12)14-5-3-4-6-15(14)18-24-26-27-25-18/h3-10,31H,11H2,1-2H3,(H,29,30)(H,24,25,26,27). The molecule has 0 fully saturated rings. The van der Waals surface area contributed by atoms with Gasteiger partial charge in [-0.25, -0.2) is 9.78 Å². The van der Waals surface area contributed by atoms with Crippen LogP contribution in [0.15, 0.2) is 53.3 Å². The lowest BCUT2D eigenvalue weighted by molar-refractivity contribution is 0.0602. The monoisotopic (exact) mass is 482 g/mol. The summed E-state index contributed by atoms with van der Waals surface area (Å²) in [5.41, 5.74) is 2.32. The Bertz CT molecular complexity index is 1230. The summed E-state index contributed by atoms with van der Waals surface area (Å²) in [5, 5.41) is 34.2. The quantitative estimate of drug-likeness (QED) is 0.383. The number of nitrogens with one attached hydrogen (secondary N) is 1. The SMILES string of the molecule is CC(C)(O)c1nc(Br)n(Cc2ccc(-c3ccccc3-c3nn[nH]n3)cc2)c1C(=O)O. The molecule has 0 saturated carbocycles. The highest BCUT2D eigenvalue weighted by atomic mass is 79.9. The maximum atomic E-state index is 11.9. The summed E-state index contributed by atoms with van der Waals surface area (Å²) in [6.07, 6.45) is 0. The summed E-state index contributed by atoms with van der Waals surface area (Å²) >= 11 is 3.32. The molecule has 0 aliphatic rings. The Kier molecular flexibility index (Phi) is 5.42. The molecule has 2 aromatic heterocycles. The number of hydrogen-bond donors (Lipinski definition) is 3. The summed E-state index contributed by atoms with van der Waals surface area (Å²) in [7, 11) is 0. The van der Waals surface area contributed by atoms with Crippen molar-refractivity contribution in [2.75, 3.05) is 0 Å². The zero-order valence-corrected chi connectivity index (χ0v) is 18.3. The molecule has 3 N–H and O–H groups in total. The molecule has 0 unspecified atom stereocenters. The second kappa shape index (κ2) is 8.05. The molecule has 9 nitrogen and oxygen atoms in total. The number of carboxylic acids is 1. The van der Waals surface area contributed by atoms with E-state index in [9.17, 15) is 15.0 Å². The number of aromatic amines is 1. The maximum Gasteiger partial charge on any atom is 0.354 e. The van der Waals surface area contributed by atoms with E-state index in [1.54, 1.807) is 0 Å². The lowest BCUT2D eigenvalue weighted by Crippen LogP contribution is -2.22. The second-order valence-corrected chi connectivity index (χ2v) is 8.22. The Hall–Kier alpha value is -3.37. The van der Waals surface area contributed by atoms with Gasteiger partial charge in [-0.2, -0.15) is 5.21 Å². The van der Waals surface area contributed by atoms with Crippen molar-refractivity contribution >= 4 is 21.9 Å². The van der Waals surface area contributed by atoms with Gasteiger partial charge in [0.05, 0.1) is 6.54 Å². The van der Waals surface area contributed by atoms with Crippen molar-refractivity contribution < 1.29 is 15.0 Å². The van der Waals surface area contributed by atoms with Crippen LogP contribution in [0.1, 0.15) is 35.6 Å². The van der Waals surface area contributed by atoms with Gasteiger partial charge < -0.3 is 14.8 Å². The van der Waals surface area contributed by atoms with E-state index in [0.717, 1.165) is 22.3 Å². The summed E-state index contributed by atoms with van der Waals surface area (Å²) in [5.74, 6) is -0.645. The van der Waals surface area contributed by atoms with E-state index < -0.39 is 11.6 Å². The average Bonchev–Trinajstić information content (AvgIpc) is 3.37. The third-order valence-corrected chi connectivity index (χ3v) is 5.43. The van der Waals surface area contributed by atoms with Crippen LogP contribution in [0.2, 0.25) is 0 Å². The molecule has 31 heavy (non-hydrogen) atoms. The molecule has 0 amide bonds. The molecule has 4 rings (SSSR count). The van der Waals surface area contributed by atoms with Crippen LogP contribution < -0.4 is 0 Å². The van der Waals surface area contributed by atoms with Gasteiger partial charge in [0.2, 0.25) is 5.82 Å². The number of imidazole rings is 1. The van der Waals surface area contributed by atoms with Gasteiger partial charge in [-0.1, -0.05) is 48.5 Å². The van der Waals surface area contributed by atoms with Crippen molar-refractivity contribution in [3.8, 4) is 22.5 Å². The van der Waals surface area contributed by atoms with Gasteiger partial charge >= 0.3 is 5.97 Å². The first-order valence-corrected chi connectivity index (χ1v) is 10.2. The van der Waals surface area contributed by atoms with Gasteiger partial charge in [-0.05, 0) is 51.7 Å². The van der Waals surface area contributed by atoms with Crippen LogP contribution in [0, 0.1) is 0 Å². The third kappa shape index (κ3) is 4.12. The number of aromatic carboxylic acids is 1. The molecule has 0 radical (unpaired) electrons. The van der Waals surface area contributed by atoms with Crippen LogP contribution >= 0.6 is 15.9 Å². The van der Waals surface area contributed by atoms with E-state index in [0.29, 0.717) is 10.6 Å². The highest BCUT2D eigenvalue weighted by Gasteiger charge is 2.31. The van der Waals surface area contributed by atoms with Crippen molar-refractivity contribution in [3.05, 3.63) is 70.2 Å². The molecule has 158 valence electrons. The Morgan fingerprint density at radius 1 is 1.13 bits per heavy atom. The first kappa shape index (κ1) is 20.9. The summed E-state index contributed by atoms with van der Waals surface area (Å²) < 4.78 is 1.87. The fourth-order valence-corrected chi connectivity index (χ4v) is 3.87. The summed E-state index contributed by atoms with van der Waals surface area (Å²) in [6.45, 7) is 3.29. The molecule has 10 heteroatoms. The molecule has 0 saturated heterocycles. The number of H-pyrrole nitrogens is 1. The fourth-order valence-electron chi connectivity index (χ4n) is 3.39. The molecule has 0 bridgehead atoms. The summed E-state index contributed by atoms with van der Waals surface area (Å²) in [6, 6.07) is 15.5. The Balaban J connectivity index is 1.68. The van der Waals surface area contributed by atoms with E-state index in [1.165, 1.54) is 18.4 Å². The van der Waals surface area contributed by atoms with E-state index >= 15 is 0 Å². The van der Waals surface area contributed by atoms with Gasteiger partial charge in [0.15, 0.2) is 10.4 Å². The third-order valence-electron chi connectivity index (χ3n) is 4.82. The van der Waals surface area contributed by atoms with Crippen LogP contribution in [0.5, 0.6) is 0 Å². The molecule has 2 aromatic carbocycles. The Labute approximate surface area is 185 Å². The van der Waals surface area contributed by atoms with Gasteiger partial charge in [-0.15, -0.1) is 10.2 Å². The molecule has 0 aliphatic heterocycles. The van der Waals surface area contributed by atoms with Crippen molar-refractivity contribution in [1.82, 2.24) is 30.2 Å². The molecule has 2 heterocycles. The minimum atomic E-state index is -1.38. The number of carbonyl (C=O) groups is 1. The zero-order valence-electron chi connectivity index (χ0n) is 16.7. The van der Waals surface area contributed by atoms with Crippen LogP contribution in [0.4, 0.5) is 0 Å². The summed E-state index contributed by atoms with van der Waals surface area (Å²) in [4.78, 5) is 16.1. The number of nitrogens with zero attached hydrogens (tertiary/aromatic N) is 5. The first-order chi connectivity index (χ1) is 14.8. The lowest BCUT2D eigenvalue weighted by Gasteiger charge is -2.16. The number of halogens is 1. The molecule has 4 aromatic rings. The number of carboxylic acid groups (broad SMARTS) is 1. The molecule has 0 atom stereocenters. The highest BCUT2D eigenvalue weighted by molar-refractivity contribution is 9.10. The largest absolute Gasteiger partial charge is 0.477 e. The average molecular weight is 483 g/mol. The molecule has 0 spiro atoms. The normalized spacial score (nSPS) is 11.6. The van der Waals surface area contributed by atoms with Gasteiger partial charge in [-0.3, -0.25) is 0 Å². The number of tetrazole rings is 1. The maximum absolute atomic E-state index is 11.9. The number of benzene rings is 2. The molecular formula is C21H19BrN6O3. The lowest BCUT2D eigenvalue weighted by atomic mass is 9.98. The first-order valence-electron chi connectivity index (χ1n) is 9.40. The predicted molar refractivity (Wildman–Crippen MR) is 116 cm³/mol. The van der Waals surface area contributed by atoms with Crippen molar-refractivity contribution in [3.63, 3.8) is 0 Å². The minimum Gasteiger partial charge on any atom is -0.477 e. The second-order valence-electron chi connectivity index (χ2n) is 7.51. The van der Waals surface area contributed by atoms with Gasteiger partial charge in [0.25, 0.3) is 0 Å². The zero-order chi connectivity index (χ0) is 22.2. The van der Waals surface area contributed by atoms with Gasteiger partial charge in [0.1, 0.15) is 11.3 Å². The van der Waals surface area contributed by atoms with Crippen LogP contribution in [0.3, 0.4) is 0 Å². The van der Waals surface area contributed by atoms with Crippen LogP contribution in [-0.2, 0) is 12.1 Å². The number of aromatic nitrogens is 6. The Morgan fingerprint density at radius 2 is 1.81 bits per heavy atom. The van der Waals surface area contributed by atoms with Crippen molar-refractivity contribution in [1.29, 1.82) is 0 Å². The topological polar surface area (TPSA) is 130 Å². The number of rotatable bonds is 6. The van der Waals surface area contributed by atoms with E-state index in [2.05, 4.69) is 41.5 Å². The van der Waals surface area contributed by atoms with E-state index in [-0.39, 0.29) is 17.9 Å². The minimum absolute atomic E-state index is 0.0501. The van der Waals surface area contributed by atoms with Crippen LogP contribution in [-0.4, -0.2) is 46.4 Å². The van der Waals surface area contributed by atoms with E-state index in [4.69, 9.17) is 0 Å².